The summed E-state index contributed by atoms with van der Waals surface area (Å²) in [6.07, 6.45) is -0.826. The molecule has 0 amide bonds. The molecule has 2 unspecified atom stereocenters. The van der Waals surface area contributed by atoms with Crippen LogP contribution in [0.25, 0.3) is 0 Å². The summed E-state index contributed by atoms with van der Waals surface area (Å²) in [6, 6.07) is 8.65. The Balaban J connectivity index is 0.000000220. The maximum absolute atomic E-state index is 13.5. The van der Waals surface area contributed by atoms with Crippen molar-refractivity contribution in [2.45, 2.75) is 26.1 Å². The molecular formula is C22H25F2NO5. The van der Waals surface area contributed by atoms with E-state index in [-0.39, 0.29) is 41.9 Å². The van der Waals surface area contributed by atoms with E-state index >= 15 is 0 Å². The molecule has 0 aromatic heterocycles. The first kappa shape index (κ1) is 23.8. The van der Waals surface area contributed by atoms with Crippen molar-refractivity contribution >= 4 is 11.6 Å². The van der Waals surface area contributed by atoms with E-state index in [1.165, 1.54) is 38.1 Å². The molecule has 6 nitrogen and oxygen atoms in total. The van der Waals surface area contributed by atoms with Gasteiger partial charge in [0.25, 0.3) is 0 Å². The van der Waals surface area contributed by atoms with Gasteiger partial charge in [0.2, 0.25) is 0 Å². The Labute approximate surface area is 173 Å². The molecule has 30 heavy (non-hydrogen) atoms. The summed E-state index contributed by atoms with van der Waals surface area (Å²) in [6.45, 7) is 3.86. The summed E-state index contributed by atoms with van der Waals surface area (Å²) in [4.78, 5) is 21.9. The van der Waals surface area contributed by atoms with Gasteiger partial charge in [0.05, 0.1) is 30.4 Å². The Morgan fingerprint density at radius 2 is 1.67 bits per heavy atom. The summed E-state index contributed by atoms with van der Waals surface area (Å²) >= 11 is 0. The van der Waals surface area contributed by atoms with E-state index in [0.29, 0.717) is 18.7 Å². The van der Waals surface area contributed by atoms with E-state index in [1.807, 2.05) is 0 Å². The molecule has 2 aromatic rings. The zero-order valence-electron chi connectivity index (χ0n) is 16.8. The first-order valence-corrected chi connectivity index (χ1v) is 9.46. The van der Waals surface area contributed by atoms with Gasteiger partial charge in [0.15, 0.2) is 11.6 Å². The first-order valence-electron chi connectivity index (χ1n) is 9.46. The number of hydrogen-bond acceptors (Lipinski definition) is 6. The van der Waals surface area contributed by atoms with E-state index < -0.39 is 17.7 Å². The maximum Gasteiger partial charge on any atom is 0.162 e. The van der Waals surface area contributed by atoms with Gasteiger partial charge in [-0.25, -0.2) is 8.78 Å². The van der Waals surface area contributed by atoms with E-state index in [2.05, 4.69) is 5.32 Å². The number of Topliss-reactive ketones (excluding diaryl/α,β-unsaturated/α-hetero) is 2. The van der Waals surface area contributed by atoms with Gasteiger partial charge >= 0.3 is 0 Å². The van der Waals surface area contributed by atoms with Gasteiger partial charge in [-0.1, -0.05) is 12.1 Å². The molecule has 0 aliphatic carbocycles. The van der Waals surface area contributed by atoms with E-state index in [9.17, 15) is 23.5 Å². The lowest BCUT2D eigenvalue weighted by molar-refractivity contribution is 0.100. The molecular weight excluding hydrogens is 396 g/mol. The van der Waals surface area contributed by atoms with Crippen LogP contribution in [-0.2, 0) is 4.74 Å². The van der Waals surface area contributed by atoms with Crippen molar-refractivity contribution in [3.63, 3.8) is 0 Å². The van der Waals surface area contributed by atoms with Gasteiger partial charge in [0, 0.05) is 13.1 Å². The average Bonchev–Trinajstić information content (AvgIpc) is 3.53. The van der Waals surface area contributed by atoms with Crippen molar-refractivity contribution in [2.75, 3.05) is 26.3 Å². The van der Waals surface area contributed by atoms with Crippen LogP contribution in [0.3, 0.4) is 0 Å². The summed E-state index contributed by atoms with van der Waals surface area (Å²) in [7, 11) is 0. The van der Waals surface area contributed by atoms with Crippen LogP contribution in [0.15, 0.2) is 36.4 Å². The molecule has 2 atom stereocenters. The summed E-state index contributed by atoms with van der Waals surface area (Å²) in [5.74, 6) is -1.68. The van der Waals surface area contributed by atoms with Gasteiger partial charge in [-0.2, -0.15) is 0 Å². The van der Waals surface area contributed by atoms with E-state index in [4.69, 9.17) is 9.84 Å². The third-order valence-electron chi connectivity index (χ3n) is 4.46. The van der Waals surface area contributed by atoms with Gasteiger partial charge in [0.1, 0.15) is 17.7 Å². The number of rotatable bonds is 8. The Hall–Kier alpha value is -2.52. The van der Waals surface area contributed by atoms with Crippen LogP contribution >= 0.6 is 0 Å². The molecule has 1 fully saturated rings. The van der Waals surface area contributed by atoms with Crippen LogP contribution in [0.5, 0.6) is 0 Å². The standard InChI is InChI=1S/C12H16FNO3.C10H9FO2/c1-8(16)10-3-2-9(6-11(10)13)12(17)7-14-4-5-15;1-6(12)8-3-2-7(4-9(8)11)10-5-13-10/h2-3,6,12,14-15,17H,4-5,7H2,1H3;2-4,10H,5H2,1H3. The average molecular weight is 421 g/mol. The lowest BCUT2D eigenvalue weighted by atomic mass is 10.0. The fourth-order valence-corrected chi connectivity index (χ4v) is 2.72. The predicted molar refractivity (Wildman–Crippen MR) is 106 cm³/mol. The molecule has 2 aromatic carbocycles. The third kappa shape index (κ3) is 6.77. The topological polar surface area (TPSA) is 99.2 Å². The van der Waals surface area contributed by atoms with Gasteiger partial charge in [-0.05, 0) is 49.2 Å². The zero-order valence-corrected chi connectivity index (χ0v) is 16.8. The number of halogens is 2. The maximum atomic E-state index is 13.5. The van der Waals surface area contributed by atoms with Crippen molar-refractivity contribution in [1.29, 1.82) is 0 Å². The Kier molecular flexibility index (Phi) is 8.73. The molecule has 3 rings (SSSR count). The number of carbonyl (C=O) groups excluding carboxylic acids is 2. The normalized spacial score (nSPS) is 15.7. The highest BCUT2D eigenvalue weighted by molar-refractivity contribution is 5.94. The quantitative estimate of drug-likeness (QED) is 0.344. The van der Waals surface area contributed by atoms with Gasteiger partial charge < -0.3 is 20.3 Å². The number of aliphatic hydroxyl groups is 2. The Morgan fingerprint density at radius 1 is 1.10 bits per heavy atom. The minimum atomic E-state index is -0.864. The molecule has 0 spiro atoms. The highest BCUT2D eigenvalue weighted by atomic mass is 19.1. The van der Waals surface area contributed by atoms with E-state index in [1.54, 1.807) is 6.07 Å². The Bertz CT molecular complexity index is 899. The number of benzene rings is 2. The van der Waals surface area contributed by atoms with Crippen molar-refractivity contribution in [3.8, 4) is 0 Å². The molecule has 1 aliphatic rings. The molecule has 3 N–H and O–H groups in total. The number of carbonyl (C=O) groups is 2. The van der Waals surface area contributed by atoms with Crippen LogP contribution in [0.4, 0.5) is 8.78 Å². The minimum absolute atomic E-state index is 0.0178. The lowest BCUT2D eigenvalue weighted by Gasteiger charge is -2.12. The molecule has 0 bridgehead atoms. The SMILES string of the molecule is CC(=O)c1ccc(C(O)CNCCO)cc1F.CC(=O)c1ccc(C2CO2)cc1F. The van der Waals surface area contributed by atoms with E-state index in [0.717, 1.165) is 11.6 Å². The number of aliphatic hydroxyl groups excluding tert-OH is 2. The fourth-order valence-electron chi connectivity index (χ4n) is 2.72. The second-order valence-electron chi connectivity index (χ2n) is 6.86. The van der Waals surface area contributed by atoms with Crippen molar-refractivity contribution in [1.82, 2.24) is 5.32 Å². The second-order valence-corrected chi connectivity index (χ2v) is 6.86. The highest BCUT2D eigenvalue weighted by Crippen LogP contribution is 2.30. The van der Waals surface area contributed by atoms with Crippen LogP contribution in [0.2, 0.25) is 0 Å². The number of epoxide rings is 1. The van der Waals surface area contributed by atoms with Crippen molar-refractivity contribution in [2.24, 2.45) is 0 Å². The number of ether oxygens (including phenoxy) is 1. The largest absolute Gasteiger partial charge is 0.395 e. The zero-order chi connectivity index (χ0) is 22.3. The van der Waals surface area contributed by atoms with Crippen LogP contribution in [0.1, 0.15) is 57.9 Å². The molecule has 1 saturated heterocycles. The van der Waals surface area contributed by atoms with Crippen LogP contribution in [0, 0.1) is 11.6 Å². The van der Waals surface area contributed by atoms with Crippen molar-refractivity contribution in [3.05, 3.63) is 70.3 Å². The summed E-state index contributed by atoms with van der Waals surface area (Å²) in [5, 5.41) is 21.1. The molecule has 8 heteroatoms. The molecule has 0 radical (unpaired) electrons. The number of nitrogens with one attached hydrogen (secondary N) is 1. The van der Waals surface area contributed by atoms with Crippen LogP contribution in [-0.4, -0.2) is 48.1 Å². The molecule has 1 heterocycles. The molecule has 0 saturated carbocycles. The smallest absolute Gasteiger partial charge is 0.162 e. The number of hydrogen-bond donors (Lipinski definition) is 3. The monoisotopic (exact) mass is 421 g/mol. The lowest BCUT2D eigenvalue weighted by Crippen LogP contribution is -2.24. The Morgan fingerprint density at radius 3 is 2.13 bits per heavy atom. The second kappa shape index (κ2) is 11.0. The highest BCUT2D eigenvalue weighted by Gasteiger charge is 2.25. The molecule has 162 valence electrons. The molecule has 1 aliphatic heterocycles. The fraction of sp³-hybridized carbons (Fsp3) is 0.364. The summed E-state index contributed by atoms with van der Waals surface area (Å²) in [5.41, 5.74) is 1.37. The summed E-state index contributed by atoms with van der Waals surface area (Å²) < 4.78 is 31.7. The van der Waals surface area contributed by atoms with Gasteiger partial charge in [-0.3, -0.25) is 9.59 Å². The number of ketones is 2. The minimum Gasteiger partial charge on any atom is -0.395 e. The first-order chi connectivity index (χ1) is 14.2. The predicted octanol–water partition coefficient (Wildman–Crippen LogP) is 2.74. The van der Waals surface area contributed by atoms with Gasteiger partial charge in [-0.15, -0.1) is 0 Å². The van der Waals surface area contributed by atoms with Crippen LogP contribution < -0.4 is 5.32 Å². The van der Waals surface area contributed by atoms with Crippen molar-refractivity contribution < 1.29 is 33.3 Å². The third-order valence-corrected chi connectivity index (χ3v) is 4.46.